The predicted molar refractivity (Wildman–Crippen MR) is 147 cm³/mol. The van der Waals surface area contributed by atoms with Crippen LogP contribution in [-0.4, -0.2) is 53.8 Å². The van der Waals surface area contributed by atoms with Crippen LogP contribution in [0.15, 0.2) is 73.1 Å². The Morgan fingerprint density at radius 1 is 1.03 bits per heavy atom. The first kappa shape index (κ1) is 24.0. The van der Waals surface area contributed by atoms with Crippen molar-refractivity contribution < 1.29 is 9.53 Å². The number of carbonyl (C=O) groups excluding carboxylic acids is 1. The molecule has 0 saturated heterocycles. The molecule has 2 aliphatic heterocycles. The minimum atomic E-state index is -0.117. The summed E-state index contributed by atoms with van der Waals surface area (Å²) in [5.41, 5.74) is 4.95. The van der Waals surface area contributed by atoms with Crippen molar-refractivity contribution in [3.63, 3.8) is 0 Å². The second-order valence-corrected chi connectivity index (χ2v) is 10.1. The van der Waals surface area contributed by atoms with Gasteiger partial charge in [-0.05, 0) is 42.0 Å². The number of para-hydroxylation sites is 1. The van der Waals surface area contributed by atoms with Crippen LogP contribution in [0.2, 0.25) is 0 Å². The van der Waals surface area contributed by atoms with Crippen LogP contribution in [0.3, 0.4) is 0 Å². The molecular weight excluding hydrogens is 484 g/mol. The topological polar surface area (TPSA) is 92.2 Å². The van der Waals surface area contributed by atoms with Crippen molar-refractivity contribution in [2.75, 3.05) is 26.2 Å². The monoisotopic (exact) mass is 514 g/mol. The van der Waals surface area contributed by atoms with Crippen LogP contribution in [0.1, 0.15) is 15.9 Å². The Balaban J connectivity index is 1.47. The lowest BCUT2D eigenvalue weighted by Gasteiger charge is -2.33. The van der Waals surface area contributed by atoms with Gasteiger partial charge in [0.25, 0.3) is 5.91 Å². The fourth-order valence-corrected chi connectivity index (χ4v) is 5.58. The average molecular weight is 515 g/mol. The Hall–Kier alpha value is -3.37. The number of benzene rings is 2. The summed E-state index contributed by atoms with van der Waals surface area (Å²) in [6.07, 6.45) is 4.33. The number of nitrogens with one attached hydrogen (secondary N) is 4. The molecule has 4 aromatic rings. The zero-order chi connectivity index (χ0) is 25.0. The van der Waals surface area contributed by atoms with Gasteiger partial charge < -0.3 is 19.9 Å². The molecule has 2 unspecified atom stereocenters. The van der Waals surface area contributed by atoms with E-state index >= 15 is 0 Å². The van der Waals surface area contributed by atoms with E-state index in [-0.39, 0.29) is 18.1 Å². The number of fused-ring (bicyclic) bond motifs is 4. The van der Waals surface area contributed by atoms with E-state index in [4.69, 9.17) is 4.74 Å². The first-order valence-corrected chi connectivity index (χ1v) is 13.5. The van der Waals surface area contributed by atoms with E-state index in [9.17, 15) is 4.79 Å². The van der Waals surface area contributed by atoms with Crippen LogP contribution in [-0.2, 0) is 13.0 Å². The SMILES string of the molecule is O=C1NSNCCNCCNC2Cn3c(cc4ccc1cc43)-c1ccccc1OC2Cc1cccnc1. The van der Waals surface area contributed by atoms with E-state index < -0.39 is 0 Å². The lowest BCUT2D eigenvalue weighted by Crippen LogP contribution is -2.49. The van der Waals surface area contributed by atoms with Crippen LogP contribution >= 0.6 is 12.1 Å². The predicted octanol–water partition coefficient (Wildman–Crippen LogP) is 3.15. The molecule has 0 saturated carbocycles. The van der Waals surface area contributed by atoms with Crippen LogP contribution < -0.4 is 24.8 Å². The van der Waals surface area contributed by atoms with Crippen LogP contribution in [0.5, 0.6) is 5.75 Å². The fourth-order valence-electron chi connectivity index (χ4n) is 5.09. The number of hydrogen-bond donors (Lipinski definition) is 4. The van der Waals surface area contributed by atoms with Crippen molar-refractivity contribution in [1.29, 1.82) is 0 Å². The summed E-state index contributed by atoms with van der Waals surface area (Å²) in [5.74, 6) is 0.744. The lowest BCUT2D eigenvalue weighted by atomic mass is 10.0. The summed E-state index contributed by atoms with van der Waals surface area (Å²) in [7, 11) is 0. The van der Waals surface area contributed by atoms with E-state index in [1.807, 2.05) is 48.7 Å². The van der Waals surface area contributed by atoms with E-state index in [2.05, 4.69) is 47.8 Å². The maximum atomic E-state index is 12.9. The maximum absolute atomic E-state index is 12.9. The Morgan fingerprint density at radius 2 is 1.95 bits per heavy atom. The van der Waals surface area contributed by atoms with Gasteiger partial charge in [0.15, 0.2) is 0 Å². The summed E-state index contributed by atoms with van der Waals surface area (Å²) in [6, 6.07) is 20.5. The Morgan fingerprint density at radius 3 is 2.86 bits per heavy atom. The smallest absolute Gasteiger partial charge is 0.262 e. The maximum Gasteiger partial charge on any atom is 0.262 e. The molecule has 2 aliphatic rings. The molecule has 2 aromatic carbocycles. The van der Waals surface area contributed by atoms with Gasteiger partial charge in [0.1, 0.15) is 11.9 Å². The number of aromatic nitrogens is 2. The Kier molecular flexibility index (Phi) is 7.09. The van der Waals surface area contributed by atoms with E-state index in [1.165, 1.54) is 12.1 Å². The normalized spacial score (nSPS) is 20.6. The van der Waals surface area contributed by atoms with Gasteiger partial charge in [-0.25, -0.2) is 4.72 Å². The number of amides is 1. The highest BCUT2D eigenvalue weighted by atomic mass is 32.2. The molecule has 6 rings (SSSR count). The molecule has 4 heterocycles. The molecular formula is C28H30N6O2S. The molecule has 8 nitrogen and oxygen atoms in total. The molecule has 9 heteroatoms. The van der Waals surface area contributed by atoms with Gasteiger partial charge in [-0.3, -0.25) is 14.5 Å². The van der Waals surface area contributed by atoms with Crippen molar-refractivity contribution in [3.05, 3.63) is 84.2 Å². The van der Waals surface area contributed by atoms with Gasteiger partial charge >= 0.3 is 0 Å². The second-order valence-electron chi connectivity index (χ2n) is 9.37. The molecule has 2 atom stereocenters. The Labute approximate surface area is 220 Å². The highest BCUT2D eigenvalue weighted by Gasteiger charge is 2.30. The van der Waals surface area contributed by atoms with Crippen LogP contribution in [0.4, 0.5) is 0 Å². The van der Waals surface area contributed by atoms with E-state index in [0.717, 1.165) is 66.1 Å². The molecule has 0 spiro atoms. The van der Waals surface area contributed by atoms with Gasteiger partial charge in [-0.15, -0.1) is 0 Å². The van der Waals surface area contributed by atoms with E-state index in [1.54, 1.807) is 6.20 Å². The number of nitrogens with zero attached hydrogens (tertiary/aromatic N) is 2. The van der Waals surface area contributed by atoms with Crippen molar-refractivity contribution in [1.82, 2.24) is 29.6 Å². The summed E-state index contributed by atoms with van der Waals surface area (Å²) in [4.78, 5) is 17.2. The largest absolute Gasteiger partial charge is 0.488 e. The third kappa shape index (κ3) is 5.21. The molecule has 2 aromatic heterocycles. The summed E-state index contributed by atoms with van der Waals surface area (Å²) in [6.45, 7) is 3.89. The van der Waals surface area contributed by atoms with Gasteiger partial charge in [0.05, 0.1) is 11.7 Å². The summed E-state index contributed by atoms with van der Waals surface area (Å²) >= 11 is 1.22. The van der Waals surface area contributed by atoms with E-state index in [0.29, 0.717) is 12.1 Å². The molecule has 190 valence electrons. The first-order chi connectivity index (χ1) is 18.3. The number of ether oxygens (including phenoxy) is 1. The van der Waals surface area contributed by atoms with Crippen molar-refractivity contribution in [3.8, 4) is 17.0 Å². The number of hydrogen-bond acceptors (Lipinski definition) is 7. The highest BCUT2D eigenvalue weighted by molar-refractivity contribution is 7.96. The van der Waals surface area contributed by atoms with Crippen molar-refractivity contribution in [2.45, 2.75) is 25.1 Å². The van der Waals surface area contributed by atoms with Crippen molar-refractivity contribution in [2.24, 2.45) is 0 Å². The lowest BCUT2D eigenvalue weighted by molar-refractivity contribution is 0.0984. The zero-order valence-corrected chi connectivity index (χ0v) is 21.3. The average Bonchev–Trinajstić information content (AvgIpc) is 3.27. The minimum absolute atomic E-state index is 0.0313. The molecule has 1 amide bonds. The molecule has 0 radical (unpaired) electrons. The molecule has 37 heavy (non-hydrogen) atoms. The fraction of sp³-hybridized carbons (Fsp3) is 0.286. The minimum Gasteiger partial charge on any atom is -0.488 e. The number of rotatable bonds is 2. The van der Waals surface area contributed by atoms with Gasteiger partial charge in [0, 0.05) is 85.7 Å². The van der Waals surface area contributed by atoms with Crippen LogP contribution in [0.25, 0.3) is 22.2 Å². The van der Waals surface area contributed by atoms with Crippen LogP contribution in [0, 0.1) is 0 Å². The molecule has 0 fully saturated rings. The standard InChI is InChI=1S/C28H30N6O2S/c35-28-21-8-7-20-15-25-22-5-1-2-6-26(22)36-27(14-19-4-3-9-30-17-19)23(18-34(25)24(20)16-21)31-12-10-29-11-13-32-37-33-28/h1-9,15-17,23,27,29,31-32H,10-14,18H2,(H,33,35). The zero-order valence-electron chi connectivity index (χ0n) is 20.4. The summed E-state index contributed by atoms with van der Waals surface area (Å²) < 4.78 is 15.2. The summed E-state index contributed by atoms with van der Waals surface area (Å²) in [5, 5.41) is 8.34. The second kappa shape index (κ2) is 10.9. The third-order valence-corrected chi connectivity index (χ3v) is 7.56. The van der Waals surface area contributed by atoms with Crippen molar-refractivity contribution >= 4 is 28.9 Å². The highest BCUT2D eigenvalue weighted by Crippen LogP contribution is 2.37. The molecule has 4 N–H and O–H groups in total. The first-order valence-electron chi connectivity index (χ1n) is 12.7. The van der Waals surface area contributed by atoms with Gasteiger partial charge in [-0.1, -0.05) is 24.3 Å². The number of carbonyl (C=O) groups is 1. The number of pyridine rings is 1. The molecule has 0 aliphatic carbocycles. The van der Waals surface area contributed by atoms with Gasteiger partial charge in [0.2, 0.25) is 0 Å². The Bertz CT molecular complexity index is 1390. The molecule has 4 bridgehead atoms. The quantitative estimate of drug-likeness (QED) is 0.306. The third-order valence-electron chi connectivity index (χ3n) is 6.92. The van der Waals surface area contributed by atoms with Gasteiger partial charge in [-0.2, -0.15) is 0 Å².